The average molecular weight is 768 g/mol. The number of methoxy groups -OCH3 is 1. The summed E-state index contributed by atoms with van der Waals surface area (Å²) >= 11 is 1.67. The first-order valence-corrected chi connectivity index (χ1v) is 20.3. The number of benzene rings is 3. The van der Waals surface area contributed by atoms with E-state index in [4.69, 9.17) is 28.1 Å². The zero-order chi connectivity index (χ0) is 38.2. The molecule has 0 bridgehead atoms. The first-order valence-electron chi connectivity index (χ1n) is 19.0. The van der Waals surface area contributed by atoms with Crippen LogP contribution in [0.5, 0.6) is 28.7 Å². The lowest BCUT2D eigenvalue weighted by Crippen LogP contribution is -2.74. The number of nitrogens with zero attached hydrogens (tertiary/aromatic N) is 2. The van der Waals surface area contributed by atoms with Crippen molar-refractivity contribution >= 4 is 34.7 Å². The molecule has 2 N–H and O–H groups in total. The molecule has 2 saturated heterocycles. The van der Waals surface area contributed by atoms with Gasteiger partial charge in [-0.1, -0.05) is 18.2 Å². The van der Waals surface area contributed by atoms with E-state index >= 15 is 0 Å². The van der Waals surface area contributed by atoms with Gasteiger partial charge in [-0.25, -0.2) is 4.79 Å². The molecular formula is C42H45N3O9S. The number of phenolic OH excluding ortho intramolecular Hbond substituents is 1. The van der Waals surface area contributed by atoms with E-state index in [9.17, 15) is 14.7 Å². The second-order valence-electron chi connectivity index (χ2n) is 15.9. The highest BCUT2D eigenvalue weighted by atomic mass is 32.2. The molecule has 0 aliphatic carbocycles. The summed E-state index contributed by atoms with van der Waals surface area (Å²) in [4.78, 5) is 32.2. The SMILES string of the molecule is COc1c(C)cc2c(c1O)[C@@H]1C3[C@H](SC)c4c(OC(C)=O)c(C)c5c(c4[C@H](COC(=O)[C@@H]4NCCc6c4oc4ccccc64)N3[C@@H](C)[C@H]3C[C@@]2(C)N13)OCO5. The first kappa shape index (κ1) is 35.0. The van der Waals surface area contributed by atoms with E-state index in [0.29, 0.717) is 40.9 Å². The Balaban J connectivity index is 1.14. The number of rotatable bonds is 6. The molecule has 7 heterocycles. The van der Waals surface area contributed by atoms with Crippen molar-refractivity contribution in [2.24, 2.45) is 0 Å². The second-order valence-corrected chi connectivity index (χ2v) is 16.9. The largest absolute Gasteiger partial charge is 0.504 e. The van der Waals surface area contributed by atoms with Crippen LogP contribution in [-0.2, 0) is 26.3 Å². The van der Waals surface area contributed by atoms with E-state index in [2.05, 4.69) is 41.3 Å². The summed E-state index contributed by atoms with van der Waals surface area (Å²) in [5, 5.41) is 16.2. The Bertz CT molecular complexity index is 2330. The van der Waals surface area contributed by atoms with Gasteiger partial charge in [-0.2, -0.15) is 11.8 Å². The maximum atomic E-state index is 14.3. The maximum Gasteiger partial charge on any atom is 0.331 e. The molecule has 13 heteroatoms. The van der Waals surface area contributed by atoms with Gasteiger partial charge in [0.25, 0.3) is 0 Å². The number of piperazine rings is 1. The Labute approximate surface area is 323 Å². The Hall–Kier alpha value is -4.43. The lowest BCUT2D eigenvalue weighted by Gasteiger charge is -2.67. The number of hydrogen-bond donors (Lipinski definition) is 2. The molecule has 8 atom stereocenters. The Kier molecular flexibility index (Phi) is 7.82. The van der Waals surface area contributed by atoms with Crippen LogP contribution in [0.25, 0.3) is 11.0 Å². The van der Waals surface area contributed by atoms with Gasteiger partial charge < -0.3 is 33.2 Å². The lowest BCUT2D eigenvalue weighted by atomic mass is 9.70. The fraction of sp³-hybridized carbons (Fsp3) is 0.476. The highest BCUT2D eigenvalue weighted by Crippen LogP contribution is 2.70. The average Bonchev–Trinajstić information content (AvgIpc) is 3.85. The number of ether oxygens (including phenoxy) is 5. The summed E-state index contributed by atoms with van der Waals surface area (Å²) in [6.07, 6.45) is 3.70. The third-order valence-electron chi connectivity index (χ3n) is 13.3. The van der Waals surface area contributed by atoms with Crippen LogP contribution in [0.2, 0.25) is 0 Å². The minimum Gasteiger partial charge on any atom is -0.504 e. The lowest BCUT2D eigenvalue weighted by molar-refractivity contribution is -0.194. The van der Waals surface area contributed by atoms with Crippen molar-refractivity contribution in [1.29, 1.82) is 0 Å². The monoisotopic (exact) mass is 767 g/mol. The minimum absolute atomic E-state index is 0.00602. The van der Waals surface area contributed by atoms with Gasteiger partial charge in [-0.3, -0.25) is 19.9 Å². The number of aryl methyl sites for hydroxylation is 1. The van der Waals surface area contributed by atoms with E-state index in [0.717, 1.165) is 57.2 Å². The smallest absolute Gasteiger partial charge is 0.331 e. The number of nitrogens with one attached hydrogen (secondary N) is 1. The van der Waals surface area contributed by atoms with E-state index in [1.54, 1.807) is 18.9 Å². The number of para-hydroxylation sites is 1. The molecule has 6 aliphatic rings. The van der Waals surface area contributed by atoms with Gasteiger partial charge in [-0.05, 0) is 70.1 Å². The summed E-state index contributed by atoms with van der Waals surface area (Å²) in [5.74, 6) is 1.88. The van der Waals surface area contributed by atoms with Crippen molar-refractivity contribution in [3.8, 4) is 28.7 Å². The highest BCUT2D eigenvalue weighted by molar-refractivity contribution is 7.98. The zero-order valence-electron chi connectivity index (χ0n) is 32.0. The normalized spacial score (nSPS) is 29.8. The van der Waals surface area contributed by atoms with Crippen LogP contribution in [-0.4, -0.2) is 78.3 Å². The van der Waals surface area contributed by atoms with Gasteiger partial charge >= 0.3 is 11.9 Å². The van der Waals surface area contributed by atoms with Crippen molar-refractivity contribution in [2.45, 2.75) is 94.5 Å². The minimum atomic E-state index is -0.773. The number of furan rings is 1. The number of hydrogen-bond acceptors (Lipinski definition) is 13. The number of carbonyl (C=O) groups is 2. The molecule has 1 unspecified atom stereocenters. The molecular weight excluding hydrogens is 723 g/mol. The molecule has 0 spiro atoms. The van der Waals surface area contributed by atoms with Crippen molar-refractivity contribution in [1.82, 2.24) is 15.1 Å². The predicted octanol–water partition coefficient (Wildman–Crippen LogP) is 6.42. The molecule has 288 valence electrons. The Morgan fingerprint density at radius 3 is 2.65 bits per heavy atom. The molecule has 2 fully saturated rings. The van der Waals surface area contributed by atoms with Gasteiger partial charge in [0.15, 0.2) is 29.0 Å². The fourth-order valence-electron chi connectivity index (χ4n) is 11.2. The molecule has 0 radical (unpaired) electrons. The number of thioether (sulfide) groups is 1. The molecule has 6 aliphatic heterocycles. The third kappa shape index (κ3) is 4.58. The first-order chi connectivity index (χ1) is 26.5. The van der Waals surface area contributed by atoms with E-state index < -0.39 is 24.0 Å². The third-order valence-corrected chi connectivity index (χ3v) is 14.3. The fourth-order valence-corrected chi connectivity index (χ4v) is 12.2. The maximum absolute atomic E-state index is 14.3. The van der Waals surface area contributed by atoms with Crippen molar-refractivity contribution < 1.29 is 42.8 Å². The molecule has 1 aromatic heterocycles. The quantitative estimate of drug-likeness (QED) is 0.165. The summed E-state index contributed by atoms with van der Waals surface area (Å²) in [6.45, 7) is 10.4. The van der Waals surface area contributed by atoms with E-state index in [-0.39, 0.29) is 54.1 Å². The molecule has 55 heavy (non-hydrogen) atoms. The number of esters is 2. The predicted molar refractivity (Wildman–Crippen MR) is 204 cm³/mol. The van der Waals surface area contributed by atoms with Crippen LogP contribution in [0.15, 0.2) is 34.7 Å². The molecule has 3 aromatic carbocycles. The van der Waals surface area contributed by atoms with E-state index in [1.165, 1.54) is 6.92 Å². The number of carbonyl (C=O) groups excluding carboxylic acids is 2. The zero-order valence-corrected chi connectivity index (χ0v) is 32.8. The van der Waals surface area contributed by atoms with Crippen LogP contribution in [0, 0.1) is 13.8 Å². The van der Waals surface area contributed by atoms with Gasteiger partial charge in [0.1, 0.15) is 23.7 Å². The summed E-state index contributed by atoms with van der Waals surface area (Å²) < 4.78 is 37.0. The highest BCUT2D eigenvalue weighted by Gasteiger charge is 2.69. The van der Waals surface area contributed by atoms with Gasteiger partial charge in [-0.15, -0.1) is 0 Å². The van der Waals surface area contributed by atoms with Gasteiger partial charge in [0.05, 0.1) is 24.4 Å². The Morgan fingerprint density at radius 1 is 1.11 bits per heavy atom. The van der Waals surface area contributed by atoms with Crippen molar-refractivity contribution in [2.75, 3.05) is 33.3 Å². The van der Waals surface area contributed by atoms with Crippen LogP contribution in [0.4, 0.5) is 0 Å². The summed E-state index contributed by atoms with van der Waals surface area (Å²) in [7, 11) is 1.59. The topological polar surface area (TPSA) is 132 Å². The number of phenols is 1. The molecule has 0 saturated carbocycles. The number of aromatic hydroxyl groups is 1. The summed E-state index contributed by atoms with van der Waals surface area (Å²) in [5.41, 5.74) is 6.64. The molecule has 0 amide bonds. The van der Waals surface area contributed by atoms with Crippen LogP contribution in [0.3, 0.4) is 0 Å². The van der Waals surface area contributed by atoms with Crippen LogP contribution in [0.1, 0.15) is 95.3 Å². The Morgan fingerprint density at radius 2 is 1.89 bits per heavy atom. The molecule has 4 aromatic rings. The standard InChI is InChI=1S/C42H45N3O9S/c1-18-14-24-28(34(47)35(18)49-6)32-33-40(55-7)30-29(39-37(51-17-52-39)19(2)36(30)53-21(4)46)26(44(33)20(3)25-15-42(24,5)45(25)32)16-50-41(48)31-38-23(12-13-43-31)22-10-8-9-11-27(22)54-38/h8-11,14,20,25-26,31-33,40,43,47H,12-13,15-17H2,1-7H3/t20-,25+,26-,31+,32+,33?,40+,42+/m0/s1. The molecule has 10 rings (SSSR count). The molecule has 12 nitrogen and oxygen atoms in total. The van der Waals surface area contributed by atoms with Crippen LogP contribution < -0.4 is 24.3 Å². The van der Waals surface area contributed by atoms with Crippen molar-refractivity contribution in [3.05, 3.63) is 75.0 Å². The van der Waals surface area contributed by atoms with E-state index in [1.807, 2.05) is 38.1 Å². The van der Waals surface area contributed by atoms with Crippen molar-refractivity contribution in [3.63, 3.8) is 0 Å². The second kappa shape index (κ2) is 12.3. The number of fused-ring (bicyclic) bond motifs is 11. The van der Waals surface area contributed by atoms with Gasteiger partial charge in [0.2, 0.25) is 6.79 Å². The summed E-state index contributed by atoms with van der Waals surface area (Å²) in [6, 6.07) is 8.40. The van der Waals surface area contributed by atoms with Crippen LogP contribution >= 0.6 is 11.8 Å². The van der Waals surface area contributed by atoms with Gasteiger partial charge in [0, 0.05) is 70.3 Å².